The van der Waals surface area contributed by atoms with Crippen molar-refractivity contribution in [1.82, 2.24) is 41.2 Å². The number of rotatable bonds is 20. The number of nitrogens with zero attached hydrogens (tertiary/aromatic N) is 4. The molecular weight excluding hydrogens is 762 g/mol. The molecule has 4 N–H and O–H groups in total. The average Bonchev–Trinajstić information content (AvgIpc) is 3.98. The number of nitrogens with one attached hydrogen (secondary N) is 4. The van der Waals surface area contributed by atoms with Crippen molar-refractivity contribution in [3.8, 4) is 0 Å². The molecule has 0 bridgehead atoms. The zero-order valence-electron chi connectivity index (χ0n) is 38.3. The molecule has 0 aliphatic carbocycles. The molecule has 0 aromatic rings. The fourth-order valence-corrected chi connectivity index (χ4v) is 6.28. The number of allylic oxidation sites excluding steroid dienone is 2. The predicted octanol–water partition coefficient (Wildman–Crippen LogP) is 1.92. The first kappa shape index (κ1) is 41.3. The maximum atomic E-state index is 12.6. The van der Waals surface area contributed by atoms with E-state index >= 15 is 0 Å². The first-order valence-electron chi connectivity index (χ1n) is 22.2. The van der Waals surface area contributed by atoms with Gasteiger partial charge in [0.15, 0.2) is 0 Å². The Labute approximate surface area is 350 Å². The highest BCUT2D eigenvalue weighted by Crippen LogP contribution is 2.23. The second-order valence-electron chi connectivity index (χ2n) is 14.9. The highest BCUT2D eigenvalue weighted by molar-refractivity contribution is 5.85. The van der Waals surface area contributed by atoms with Crippen LogP contribution in [0.4, 0.5) is 0 Å². The molecule has 4 aliphatic rings. The molecule has 0 radical (unpaired) electrons. The van der Waals surface area contributed by atoms with Crippen LogP contribution in [0.2, 0.25) is 0 Å². The van der Waals surface area contributed by atoms with Gasteiger partial charge < -0.3 is 30.9 Å². The molecule has 0 saturated carbocycles. The van der Waals surface area contributed by atoms with E-state index in [1.807, 2.05) is 27.7 Å². The van der Waals surface area contributed by atoms with Crippen molar-refractivity contribution in [3.05, 3.63) is 24.6 Å². The number of likely N-dealkylation sites (tertiary alicyclic amines) is 2. The first-order valence-corrected chi connectivity index (χ1v) is 20.0. The minimum Gasteiger partial charge on any atom is -0.355 e. The molecule has 4 heterocycles. The third kappa shape index (κ3) is 16.2. The summed E-state index contributed by atoms with van der Waals surface area (Å²) in [4.78, 5) is 109. The minimum absolute atomic E-state index is 0. The van der Waals surface area contributed by atoms with Gasteiger partial charge in [0.25, 0.3) is 11.8 Å². The van der Waals surface area contributed by atoms with E-state index in [1.54, 1.807) is 9.80 Å². The maximum absolute atomic E-state index is 12.6. The molecule has 4 aliphatic heterocycles. The van der Waals surface area contributed by atoms with Crippen molar-refractivity contribution in [2.45, 2.75) is 117 Å². The zero-order valence-corrected chi connectivity index (χ0v) is 34.3. The van der Waals surface area contributed by atoms with Gasteiger partial charge in [-0.15, -0.1) is 10.1 Å². The van der Waals surface area contributed by atoms with Crippen LogP contribution < -0.4 is 21.3 Å². The molecule has 0 aromatic heterocycles. The molecule has 18 nitrogen and oxygen atoms in total. The van der Waals surface area contributed by atoms with E-state index in [9.17, 15) is 38.4 Å². The van der Waals surface area contributed by atoms with Gasteiger partial charge in [-0.25, -0.2) is 9.59 Å². The maximum Gasteiger partial charge on any atom is 0.334 e. The first-order chi connectivity index (χ1) is 29.1. The number of hydroxylamine groups is 4. The molecule has 18 heteroatoms. The molecular formula is C40H68N8O10. The Morgan fingerprint density at radius 2 is 1.02 bits per heavy atom. The summed E-state index contributed by atoms with van der Waals surface area (Å²) >= 11 is 0. The van der Waals surface area contributed by atoms with Crippen LogP contribution in [0.5, 0.6) is 0 Å². The van der Waals surface area contributed by atoms with E-state index in [2.05, 4.69) is 34.4 Å². The number of carbonyl (C=O) groups is 8. The topological polar surface area (TPSA) is 216 Å². The minimum atomic E-state index is -1.49. The van der Waals surface area contributed by atoms with E-state index in [0.717, 1.165) is 10.1 Å². The smallest absolute Gasteiger partial charge is 0.334 e. The second kappa shape index (κ2) is 24.2. The summed E-state index contributed by atoms with van der Waals surface area (Å²) in [6.07, 6.45) is 3.22. The van der Waals surface area contributed by atoms with E-state index in [1.165, 1.54) is 0 Å². The van der Waals surface area contributed by atoms with Crippen LogP contribution in [0.1, 0.15) is 113 Å². The SMILES string of the molecule is [2H][13CH]([13CH]([13CH3])[13CH3])N1CCCC1([2H])C(=O)[15NH]CCC(=O)NCCC(=O)ON1C(=C)CCC1=O.[2H][13CH]([13CH]([13CH3])[13CH3])[15N]1CCCC1([2H])C(=O)NCCC(=O)NCCC(=O)ON1C(=C)CCC1=O.[HH].[HH]. The van der Waals surface area contributed by atoms with Crippen LogP contribution in [0.3, 0.4) is 0 Å². The Kier molecular flexibility index (Phi) is 17.2. The van der Waals surface area contributed by atoms with Gasteiger partial charge >= 0.3 is 11.9 Å². The quantitative estimate of drug-likeness (QED) is 0.102. The Hall–Kier alpha value is -4.84. The van der Waals surface area contributed by atoms with Gasteiger partial charge in [-0.05, 0) is 63.5 Å². The third-order valence-corrected chi connectivity index (χ3v) is 9.05. The van der Waals surface area contributed by atoms with Gasteiger partial charge in [0, 0.05) is 70.5 Å². The third-order valence-electron chi connectivity index (χ3n) is 9.05. The summed E-state index contributed by atoms with van der Waals surface area (Å²) in [7, 11) is 0. The summed E-state index contributed by atoms with van der Waals surface area (Å²) in [6, 6.07) is -2.98. The van der Waals surface area contributed by atoms with Gasteiger partial charge in [0.2, 0.25) is 23.6 Å². The van der Waals surface area contributed by atoms with Crippen LogP contribution in [0, 0.1) is 11.8 Å². The largest absolute Gasteiger partial charge is 0.355 e. The average molecular weight is 835 g/mol. The fraction of sp³-hybridized carbons (Fsp3) is 0.700. The second-order valence-corrected chi connectivity index (χ2v) is 14.9. The molecule has 6 amide bonds. The molecule has 4 saturated heterocycles. The van der Waals surface area contributed by atoms with Gasteiger partial charge in [0.1, 0.15) is 0 Å². The Balaban J connectivity index is 0.000000621. The van der Waals surface area contributed by atoms with Crippen LogP contribution in [-0.2, 0) is 48.0 Å². The summed E-state index contributed by atoms with van der Waals surface area (Å²) in [5.41, 5.74) is 0.854. The summed E-state index contributed by atoms with van der Waals surface area (Å²) in [5.74, 6) is -3.70. The lowest BCUT2D eigenvalue weighted by Gasteiger charge is -2.25. The molecule has 0 spiro atoms. The van der Waals surface area contributed by atoms with E-state index in [4.69, 9.17) is 15.2 Å². The Morgan fingerprint density at radius 1 is 0.655 bits per heavy atom. The lowest BCUT2D eigenvalue weighted by molar-refractivity contribution is -0.186. The molecule has 4 fully saturated rings. The van der Waals surface area contributed by atoms with Gasteiger partial charge in [-0.2, -0.15) is 0 Å². The molecule has 4 unspecified atom stereocenters. The summed E-state index contributed by atoms with van der Waals surface area (Å²) < 4.78 is 33.5. The van der Waals surface area contributed by atoms with E-state index in [-0.39, 0.29) is 103 Å². The number of hydrogen-bond donors (Lipinski definition) is 4. The van der Waals surface area contributed by atoms with Gasteiger partial charge in [-0.1, -0.05) is 40.9 Å². The summed E-state index contributed by atoms with van der Waals surface area (Å²) in [5, 5.41) is 12.1. The van der Waals surface area contributed by atoms with Crippen LogP contribution >= 0.6 is 0 Å². The van der Waals surface area contributed by atoms with Crippen LogP contribution in [0.15, 0.2) is 24.6 Å². The van der Waals surface area contributed by atoms with Crippen LogP contribution in [-0.4, -0.2) is 132 Å². The van der Waals surface area contributed by atoms with Crippen molar-refractivity contribution < 1.29 is 56.4 Å². The fourth-order valence-electron chi connectivity index (χ4n) is 6.28. The molecule has 4 rings (SSSR count). The molecule has 58 heavy (non-hydrogen) atoms. The number of hydrogen-bond acceptors (Lipinski definition) is 12. The number of amides is 6. The molecule has 328 valence electrons. The van der Waals surface area contributed by atoms with E-state index in [0.29, 0.717) is 63.0 Å². The van der Waals surface area contributed by atoms with Crippen molar-refractivity contribution in [3.63, 3.8) is 0 Å². The molecule has 4 atom stereocenters. The van der Waals surface area contributed by atoms with Gasteiger partial charge in [-0.3, -0.25) is 38.6 Å². The Morgan fingerprint density at radius 3 is 1.34 bits per heavy atom. The van der Waals surface area contributed by atoms with E-state index < -0.39 is 48.8 Å². The monoisotopic (exact) mass is 835 g/mol. The van der Waals surface area contributed by atoms with Crippen molar-refractivity contribution >= 4 is 47.4 Å². The highest BCUT2D eigenvalue weighted by atomic mass is 16.7. The highest BCUT2D eigenvalue weighted by Gasteiger charge is 2.32. The van der Waals surface area contributed by atoms with Crippen molar-refractivity contribution in [2.24, 2.45) is 11.8 Å². The summed E-state index contributed by atoms with van der Waals surface area (Å²) in [6.45, 7) is 14.8. The van der Waals surface area contributed by atoms with Crippen LogP contribution in [0.25, 0.3) is 0 Å². The predicted molar refractivity (Wildman–Crippen MR) is 216 cm³/mol. The zero-order chi connectivity index (χ0) is 46.4. The normalized spacial score (nSPS) is 24.3. The Bertz CT molecular complexity index is 1560. The van der Waals surface area contributed by atoms with Crippen molar-refractivity contribution in [1.29, 1.82) is 0 Å². The lowest BCUT2D eigenvalue weighted by Crippen LogP contribution is -2.45. The lowest BCUT2D eigenvalue weighted by atomic mass is 10.2. The molecule has 0 aromatic carbocycles. The van der Waals surface area contributed by atoms with Gasteiger partial charge in [0.05, 0.1) is 39.0 Å². The standard InChI is InChI=1S/2C20H32N4O5.2H2/c2*1-14(2)13-23-12-4-5-16(23)20(28)22-10-8-17(25)21-11-9-19(27)29-24-15(3)6-7-18(24)26;;/h2*14,16H,3-13H2,1-2H3,(H,21,25)(H,22,28);2*1H/i1+1,2+1,13+1D,14+1,16D,23+1;1+1,2+1,13+1D,14+1,16D,22+1;;. The number of carbonyl (C=O) groups excluding carboxylic acids is 8. The van der Waals surface area contributed by atoms with Crippen molar-refractivity contribution in [2.75, 3.05) is 52.3 Å².